The number of hydrogen-bond donors (Lipinski definition) is 2. The molecule has 1 heterocycles. The van der Waals surface area contributed by atoms with E-state index in [1.807, 2.05) is 6.92 Å². The molecule has 0 aromatic rings. The zero-order chi connectivity index (χ0) is 12.0. The number of hydrogen-bond acceptors (Lipinski definition) is 3. The van der Waals surface area contributed by atoms with Crippen LogP contribution in [0, 0.1) is 5.92 Å². The third kappa shape index (κ3) is 3.76. The second-order valence-corrected chi connectivity index (χ2v) is 4.73. The highest BCUT2D eigenvalue weighted by Crippen LogP contribution is 2.17. The van der Waals surface area contributed by atoms with E-state index in [-0.39, 0.29) is 11.9 Å². The molecule has 16 heavy (non-hydrogen) atoms. The first kappa shape index (κ1) is 13.5. The number of rotatable bonds is 7. The molecular formula is C12H25N3O. The number of carbonyl (C=O) groups is 1. The third-order valence-corrected chi connectivity index (χ3v) is 3.33. The maximum absolute atomic E-state index is 11.8. The molecule has 0 saturated carbocycles. The summed E-state index contributed by atoms with van der Waals surface area (Å²) in [5.74, 6) is 0.752. The Morgan fingerprint density at radius 3 is 2.75 bits per heavy atom. The van der Waals surface area contributed by atoms with Crippen molar-refractivity contribution in [2.45, 2.75) is 39.2 Å². The molecule has 0 radical (unpaired) electrons. The van der Waals surface area contributed by atoms with Crippen molar-refractivity contribution in [3.05, 3.63) is 0 Å². The fraction of sp³-hybridized carbons (Fsp3) is 0.917. The lowest BCUT2D eigenvalue weighted by Gasteiger charge is -2.41. The average Bonchev–Trinajstić information content (AvgIpc) is 2.22. The van der Waals surface area contributed by atoms with Crippen molar-refractivity contribution in [1.29, 1.82) is 0 Å². The summed E-state index contributed by atoms with van der Waals surface area (Å²) in [6, 6.07) is 0.00410. The number of carbonyl (C=O) groups excluding carboxylic acids is 1. The quantitative estimate of drug-likeness (QED) is 0.625. The highest BCUT2D eigenvalue weighted by atomic mass is 16.2. The number of nitrogens with one attached hydrogen (secondary N) is 1. The number of nitrogens with zero attached hydrogens (tertiary/aromatic N) is 1. The van der Waals surface area contributed by atoms with Crippen molar-refractivity contribution in [1.82, 2.24) is 10.2 Å². The summed E-state index contributed by atoms with van der Waals surface area (Å²) in [5, 5.41) is 2.99. The lowest BCUT2D eigenvalue weighted by atomic mass is 9.98. The minimum Gasteiger partial charge on any atom is -0.355 e. The van der Waals surface area contributed by atoms with E-state index in [1.165, 1.54) is 12.8 Å². The van der Waals surface area contributed by atoms with Crippen molar-refractivity contribution < 1.29 is 4.79 Å². The van der Waals surface area contributed by atoms with E-state index in [4.69, 9.17) is 5.73 Å². The standard InChI is InChI=1S/C12H25N3O/c1-3-4-5-6-14-12(16)10(2)15-8-11(7-13)9-15/h10-11H,3-9,13H2,1-2H3,(H,14,16). The molecule has 1 atom stereocenters. The molecular weight excluding hydrogens is 202 g/mol. The van der Waals surface area contributed by atoms with Gasteiger partial charge in [-0.15, -0.1) is 0 Å². The van der Waals surface area contributed by atoms with Crippen molar-refractivity contribution >= 4 is 5.91 Å². The van der Waals surface area contributed by atoms with E-state index in [0.29, 0.717) is 5.92 Å². The molecule has 0 spiro atoms. The van der Waals surface area contributed by atoms with E-state index in [9.17, 15) is 4.79 Å². The lowest BCUT2D eigenvalue weighted by molar-refractivity contribution is -0.128. The Hall–Kier alpha value is -0.610. The largest absolute Gasteiger partial charge is 0.355 e. The first-order chi connectivity index (χ1) is 7.69. The zero-order valence-electron chi connectivity index (χ0n) is 10.5. The predicted molar refractivity (Wildman–Crippen MR) is 66.1 cm³/mol. The highest BCUT2D eigenvalue weighted by Gasteiger charge is 2.32. The maximum Gasteiger partial charge on any atom is 0.237 e. The molecule has 1 aliphatic heterocycles. The van der Waals surface area contributed by atoms with Gasteiger partial charge in [0.25, 0.3) is 0 Å². The second-order valence-electron chi connectivity index (χ2n) is 4.73. The molecule has 1 unspecified atom stereocenters. The number of amides is 1. The highest BCUT2D eigenvalue weighted by molar-refractivity contribution is 5.81. The van der Waals surface area contributed by atoms with E-state index in [0.717, 1.165) is 32.6 Å². The molecule has 0 aromatic heterocycles. The summed E-state index contributed by atoms with van der Waals surface area (Å²) >= 11 is 0. The Morgan fingerprint density at radius 2 is 2.19 bits per heavy atom. The van der Waals surface area contributed by atoms with Crippen LogP contribution in [0.2, 0.25) is 0 Å². The normalized spacial score (nSPS) is 19.2. The smallest absolute Gasteiger partial charge is 0.237 e. The van der Waals surface area contributed by atoms with Gasteiger partial charge in [0.1, 0.15) is 0 Å². The summed E-state index contributed by atoms with van der Waals surface area (Å²) in [6.07, 6.45) is 3.46. The van der Waals surface area contributed by atoms with E-state index >= 15 is 0 Å². The van der Waals surface area contributed by atoms with Gasteiger partial charge >= 0.3 is 0 Å². The molecule has 0 bridgehead atoms. The van der Waals surface area contributed by atoms with E-state index in [2.05, 4.69) is 17.1 Å². The monoisotopic (exact) mass is 227 g/mol. The first-order valence-electron chi connectivity index (χ1n) is 6.40. The Kier molecular flexibility index (Phi) is 5.77. The van der Waals surface area contributed by atoms with Gasteiger partial charge in [-0.25, -0.2) is 0 Å². The molecule has 0 aliphatic carbocycles. The van der Waals surface area contributed by atoms with E-state index < -0.39 is 0 Å². The van der Waals surface area contributed by atoms with Gasteiger partial charge < -0.3 is 11.1 Å². The number of unbranched alkanes of at least 4 members (excludes halogenated alkanes) is 2. The van der Waals surface area contributed by atoms with Crippen LogP contribution in [0.25, 0.3) is 0 Å². The third-order valence-electron chi connectivity index (χ3n) is 3.33. The van der Waals surface area contributed by atoms with Gasteiger partial charge in [-0.1, -0.05) is 19.8 Å². The molecule has 1 rings (SSSR count). The predicted octanol–water partition coefficient (Wildman–Crippen LogP) is 0.572. The molecule has 4 nitrogen and oxygen atoms in total. The van der Waals surface area contributed by atoms with Crippen LogP contribution in [-0.2, 0) is 4.79 Å². The van der Waals surface area contributed by atoms with Crippen LogP contribution in [0.4, 0.5) is 0 Å². The second kappa shape index (κ2) is 6.86. The van der Waals surface area contributed by atoms with Crippen LogP contribution in [0.15, 0.2) is 0 Å². The van der Waals surface area contributed by atoms with Crippen LogP contribution in [0.3, 0.4) is 0 Å². The Labute approximate surface area is 98.6 Å². The van der Waals surface area contributed by atoms with Gasteiger partial charge in [-0.05, 0) is 25.8 Å². The van der Waals surface area contributed by atoms with Crippen molar-refractivity contribution in [3.8, 4) is 0 Å². The lowest BCUT2D eigenvalue weighted by Crippen LogP contribution is -2.57. The van der Waals surface area contributed by atoms with E-state index in [1.54, 1.807) is 0 Å². The van der Waals surface area contributed by atoms with Crippen LogP contribution in [-0.4, -0.2) is 43.0 Å². The molecule has 3 N–H and O–H groups in total. The number of likely N-dealkylation sites (tertiary alicyclic amines) is 1. The topological polar surface area (TPSA) is 58.4 Å². The summed E-state index contributed by atoms with van der Waals surface area (Å²) in [6.45, 7) is 7.63. The summed E-state index contributed by atoms with van der Waals surface area (Å²) < 4.78 is 0. The van der Waals surface area contributed by atoms with Crippen LogP contribution < -0.4 is 11.1 Å². The molecule has 0 aromatic carbocycles. The molecule has 1 fully saturated rings. The SMILES string of the molecule is CCCCCNC(=O)C(C)N1CC(CN)C1. The summed E-state index contributed by atoms with van der Waals surface area (Å²) in [4.78, 5) is 13.9. The summed E-state index contributed by atoms with van der Waals surface area (Å²) in [7, 11) is 0. The molecule has 1 amide bonds. The fourth-order valence-corrected chi connectivity index (χ4v) is 1.98. The molecule has 4 heteroatoms. The van der Waals surface area contributed by atoms with Crippen molar-refractivity contribution in [2.24, 2.45) is 11.7 Å². The zero-order valence-corrected chi connectivity index (χ0v) is 10.5. The molecule has 1 aliphatic rings. The minimum absolute atomic E-state index is 0.00410. The molecule has 1 saturated heterocycles. The Balaban J connectivity index is 2.12. The van der Waals surface area contributed by atoms with Crippen molar-refractivity contribution in [2.75, 3.05) is 26.2 Å². The van der Waals surface area contributed by atoms with Gasteiger partial charge in [0.15, 0.2) is 0 Å². The first-order valence-corrected chi connectivity index (χ1v) is 6.40. The van der Waals surface area contributed by atoms with Crippen molar-refractivity contribution in [3.63, 3.8) is 0 Å². The Morgan fingerprint density at radius 1 is 1.50 bits per heavy atom. The van der Waals surface area contributed by atoms with Gasteiger partial charge in [-0.2, -0.15) is 0 Å². The average molecular weight is 227 g/mol. The van der Waals surface area contributed by atoms with Gasteiger partial charge in [-0.3, -0.25) is 9.69 Å². The van der Waals surface area contributed by atoms with Crippen LogP contribution in [0.1, 0.15) is 33.1 Å². The number of nitrogens with two attached hydrogens (primary N) is 1. The summed E-state index contributed by atoms with van der Waals surface area (Å²) in [5.41, 5.74) is 5.56. The maximum atomic E-state index is 11.8. The minimum atomic E-state index is 0.00410. The van der Waals surface area contributed by atoms with Gasteiger partial charge in [0.2, 0.25) is 5.91 Å². The fourth-order valence-electron chi connectivity index (χ4n) is 1.98. The van der Waals surface area contributed by atoms with Gasteiger partial charge in [0, 0.05) is 19.6 Å². The van der Waals surface area contributed by atoms with Crippen LogP contribution >= 0.6 is 0 Å². The molecule has 94 valence electrons. The van der Waals surface area contributed by atoms with Gasteiger partial charge in [0.05, 0.1) is 6.04 Å². The van der Waals surface area contributed by atoms with Crippen LogP contribution in [0.5, 0.6) is 0 Å². The Bertz CT molecular complexity index is 214.